The molecule has 0 aromatic carbocycles. The molecule has 0 amide bonds. The van der Waals surface area contributed by atoms with Crippen molar-refractivity contribution < 1.29 is 4.74 Å². The van der Waals surface area contributed by atoms with Crippen LogP contribution in [-0.2, 0) is 7.05 Å². The van der Waals surface area contributed by atoms with Gasteiger partial charge >= 0.3 is 6.01 Å². The van der Waals surface area contributed by atoms with E-state index in [0.717, 1.165) is 0 Å². The van der Waals surface area contributed by atoms with Gasteiger partial charge in [0.25, 0.3) is 0 Å². The zero-order valence-corrected chi connectivity index (χ0v) is 12.0. The molecular formula is C10H15N7OS. The molecule has 0 atom stereocenters. The van der Waals surface area contributed by atoms with Crippen molar-refractivity contribution >= 4 is 17.7 Å². The Morgan fingerprint density at radius 2 is 2.11 bits per heavy atom. The summed E-state index contributed by atoms with van der Waals surface area (Å²) in [6.07, 6.45) is 1.62. The number of hydrogen-bond donors (Lipinski definition) is 1. The molecule has 0 bridgehead atoms. The van der Waals surface area contributed by atoms with E-state index in [2.05, 4.69) is 30.5 Å². The van der Waals surface area contributed by atoms with Gasteiger partial charge in [-0.15, -0.1) is 10.2 Å². The van der Waals surface area contributed by atoms with Crippen molar-refractivity contribution in [3.8, 4) is 6.01 Å². The summed E-state index contributed by atoms with van der Waals surface area (Å²) in [6.45, 7) is 3.83. The van der Waals surface area contributed by atoms with Crippen molar-refractivity contribution in [3.63, 3.8) is 0 Å². The molecule has 19 heavy (non-hydrogen) atoms. The van der Waals surface area contributed by atoms with Gasteiger partial charge in [-0.25, -0.2) is 0 Å². The van der Waals surface area contributed by atoms with Crippen LogP contribution >= 0.6 is 11.8 Å². The van der Waals surface area contributed by atoms with Gasteiger partial charge in [0.1, 0.15) is 6.33 Å². The Morgan fingerprint density at radius 3 is 2.68 bits per heavy atom. The lowest BCUT2D eigenvalue weighted by Crippen LogP contribution is -2.11. The van der Waals surface area contributed by atoms with E-state index in [0.29, 0.717) is 22.3 Å². The smallest absolute Gasteiger partial charge is 0.322 e. The number of anilines is 1. The Balaban J connectivity index is 2.26. The summed E-state index contributed by atoms with van der Waals surface area (Å²) < 4.78 is 7.28. The zero-order chi connectivity index (χ0) is 13.8. The van der Waals surface area contributed by atoms with E-state index in [4.69, 9.17) is 4.74 Å². The predicted octanol–water partition coefficient (Wildman–Crippen LogP) is 0.980. The van der Waals surface area contributed by atoms with Gasteiger partial charge in [0, 0.05) is 14.1 Å². The van der Waals surface area contributed by atoms with Gasteiger partial charge in [0.15, 0.2) is 5.16 Å². The Bertz CT molecular complexity index is 557. The van der Waals surface area contributed by atoms with Crippen molar-refractivity contribution in [1.29, 1.82) is 0 Å². The summed E-state index contributed by atoms with van der Waals surface area (Å²) in [4.78, 5) is 12.6. The van der Waals surface area contributed by atoms with Crippen molar-refractivity contribution in [1.82, 2.24) is 29.7 Å². The number of nitrogens with one attached hydrogen (secondary N) is 1. The fourth-order valence-corrected chi connectivity index (χ4v) is 1.90. The fourth-order valence-electron chi connectivity index (χ4n) is 1.21. The average Bonchev–Trinajstić information content (AvgIpc) is 2.74. The normalized spacial score (nSPS) is 10.8. The van der Waals surface area contributed by atoms with Gasteiger partial charge < -0.3 is 14.6 Å². The van der Waals surface area contributed by atoms with Crippen LogP contribution in [0, 0.1) is 0 Å². The second-order valence-corrected chi connectivity index (χ2v) is 4.90. The summed E-state index contributed by atoms with van der Waals surface area (Å²) in [5.41, 5.74) is 0. The van der Waals surface area contributed by atoms with Gasteiger partial charge in [-0.2, -0.15) is 15.0 Å². The molecule has 0 aliphatic rings. The molecule has 0 unspecified atom stereocenters. The van der Waals surface area contributed by atoms with E-state index < -0.39 is 0 Å². The van der Waals surface area contributed by atoms with Crippen molar-refractivity contribution in [2.75, 3.05) is 12.4 Å². The minimum Gasteiger partial charge on any atom is -0.461 e. The monoisotopic (exact) mass is 281 g/mol. The number of aromatic nitrogens is 6. The maximum atomic E-state index is 5.49. The van der Waals surface area contributed by atoms with E-state index in [1.165, 1.54) is 11.8 Å². The van der Waals surface area contributed by atoms with E-state index in [-0.39, 0.29) is 6.10 Å². The van der Waals surface area contributed by atoms with Crippen molar-refractivity contribution in [2.24, 2.45) is 7.05 Å². The number of ether oxygens (including phenoxy) is 1. The molecule has 2 aromatic heterocycles. The number of hydrogen-bond acceptors (Lipinski definition) is 8. The molecule has 0 aliphatic carbocycles. The minimum absolute atomic E-state index is 0.000200. The molecule has 0 radical (unpaired) electrons. The third kappa shape index (κ3) is 3.53. The standard InChI is InChI=1S/C10H15N7OS/c1-6(2)18-8-13-7(11-3)14-9(15-8)19-10-16-12-5-17(10)4/h5-6H,1-4H3,(H,11,13,14,15). The number of rotatable bonds is 5. The Kier molecular flexibility index (Phi) is 4.15. The Labute approximate surface area is 115 Å². The van der Waals surface area contributed by atoms with Crippen LogP contribution in [0.4, 0.5) is 5.95 Å². The van der Waals surface area contributed by atoms with Crippen molar-refractivity contribution in [2.45, 2.75) is 30.3 Å². The van der Waals surface area contributed by atoms with Gasteiger partial charge in [-0.3, -0.25) is 0 Å². The molecule has 9 heteroatoms. The number of nitrogens with zero attached hydrogens (tertiary/aromatic N) is 6. The first-order valence-electron chi connectivity index (χ1n) is 5.71. The van der Waals surface area contributed by atoms with Gasteiger partial charge in [0.2, 0.25) is 11.1 Å². The molecular weight excluding hydrogens is 266 g/mol. The highest BCUT2D eigenvalue weighted by Crippen LogP contribution is 2.24. The third-order valence-electron chi connectivity index (χ3n) is 2.01. The molecule has 0 fully saturated rings. The van der Waals surface area contributed by atoms with Crippen LogP contribution in [0.5, 0.6) is 6.01 Å². The largest absolute Gasteiger partial charge is 0.461 e. The van der Waals surface area contributed by atoms with Gasteiger partial charge in [-0.05, 0) is 25.6 Å². The van der Waals surface area contributed by atoms with Gasteiger partial charge in [-0.1, -0.05) is 0 Å². The third-order valence-corrected chi connectivity index (χ3v) is 2.93. The quantitative estimate of drug-likeness (QED) is 0.867. The van der Waals surface area contributed by atoms with E-state index in [1.54, 1.807) is 17.9 Å². The second-order valence-electron chi connectivity index (χ2n) is 3.97. The summed E-state index contributed by atoms with van der Waals surface area (Å²) >= 11 is 1.30. The first-order chi connectivity index (χ1) is 9.08. The molecule has 2 heterocycles. The molecule has 102 valence electrons. The Morgan fingerprint density at radius 1 is 1.32 bits per heavy atom. The second kappa shape index (κ2) is 5.83. The molecule has 2 rings (SSSR count). The van der Waals surface area contributed by atoms with Crippen molar-refractivity contribution in [3.05, 3.63) is 6.33 Å². The first kappa shape index (κ1) is 13.5. The Hall–Kier alpha value is -1.90. The lowest BCUT2D eigenvalue weighted by molar-refractivity contribution is 0.219. The zero-order valence-electron chi connectivity index (χ0n) is 11.2. The molecule has 0 aliphatic heterocycles. The van der Waals surface area contributed by atoms with Crippen LogP contribution in [0.25, 0.3) is 0 Å². The summed E-state index contributed by atoms with van der Waals surface area (Å²) in [7, 11) is 3.60. The van der Waals surface area contributed by atoms with Crippen LogP contribution in [-0.4, -0.2) is 42.9 Å². The fraction of sp³-hybridized carbons (Fsp3) is 0.500. The van der Waals surface area contributed by atoms with Crippen LogP contribution in [0.15, 0.2) is 16.6 Å². The summed E-state index contributed by atoms with van der Waals surface area (Å²) in [6, 6.07) is 0.291. The van der Waals surface area contributed by atoms with Crippen LogP contribution < -0.4 is 10.1 Å². The predicted molar refractivity (Wildman–Crippen MR) is 70.3 cm³/mol. The molecule has 0 saturated heterocycles. The maximum absolute atomic E-state index is 5.49. The van der Waals surface area contributed by atoms with E-state index in [9.17, 15) is 0 Å². The molecule has 0 saturated carbocycles. The van der Waals surface area contributed by atoms with Crippen LogP contribution in [0.1, 0.15) is 13.8 Å². The van der Waals surface area contributed by atoms with E-state index in [1.807, 2.05) is 20.9 Å². The topological polar surface area (TPSA) is 90.6 Å². The summed E-state index contributed by atoms with van der Waals surface area (Å²) in [5.74, 6) is 0.454. The lowest BCUT2D eigenvalue weighted by Gasteiger charge is -2.09. The highest BCUT2D eigenvalue weighted by Gasteiger charge is 2.12. The minimum atomic E-state index is -0.000200. The highest BCUT2D eigenvalue weighted by atomic mass is 32.2. The summed E-state index contributed by atoms with van der Waals surface area (Å²) in [5, 5.41) is 11.9. The lowest BCUT2D eigenvalue weighted by atomic mass is 10.5. The highest BCUT2D eigenvalue weighted by molar-refractivity contribution is 7.99. The molecule has 0 spiro atoms. The molecule has 8 nitrogen and oxygen atoms in total. The van der Waals surface area contributed by atoms with Gasteiger partial charge in [0.05, 0.1) is 6.10 Å². The molecule has 2 aromatic rings. The molecule has 1 N–H and O–H groups in total. The number of aryl methyl sites for hydroxylation is 1. The maximum Gasteiger partial charge on any atom is 0.322 e. The average molecular weight is 281 g/mol. The van der Waals surface area contributed by atoms with Crippen LogP contribution in [0.3, 0.4) is 0 Å². The van der Waals surface area contributed by atoms with E-state index >= 15 is 0 Å². The SMILES string of the molecule is CNc1nc(OC(C)C)nc(Sc2nncn2C)n1. The first-order valence-corrected chi connectivity index (χ1v) is 6.52. The van der Waals surface area contributed by atoms with Crippen LogP contribution in [0.2, 0.25) is 0 Å².